The molecule has 1 N–H and O–H groups in total. The van der Waals surface area contributed by atoms with Crippen LogP contribution in [-0.4, -0.2) is 67.3 Å². The van der Waals surface area contributed by atoms with E-state index in [2.05, 4.69) is 10.5 Å². The van der Waals surface area contributed by atoms with E-state index < -0.39 is 15.9 Å². The summed E-state index contributed by atoms with van der Waals surface area (Å²) >= 11 is 0. The Morgan fingerprint density at radius 1 is 0.939 bits per heavy atom. The van der Waals surface area contributed by atoms with E-state index in [1.807, 2.05) is 36.4 Å². The minimum Gasteiger partial charge on any atom is -0.355 e. The molecule has 1 aliphatic heterocycles. The molecule has 1 fully saturated rings. The number of nitrogens with one attached hydrogen (secondary N) is 1. The molecule has 0 radical (unpaired) electrons. The Balaban J connectivity index is 1.26. The van der Waals surface area contributed by atoms with Gasteiger partial charge in [-0.3, -0.25) is 9.59 Å². The summed E-state index contributed by atoms with van der Waals surface area (Å²) < 4.78 is 31.9. The number of benzene rings is 2. The molecular formula is C23H24N4O5S. The summed E-state index contributed by atoms with van der Waals surface area (Å²) in [7, 11) is -3.46. The Morgan fingerprint density at radius 3 is 2.24 bits per heavy atom. The highest BCUT2D eigenvalue weighted by Crippen LogP contribution is 2.19. The Labute approximate surface area is 192 Å². The van der Waals surface area contributed by atoms with Crippen molar-refractivity contribution in [2.45, 2.75) is 5.75 Å². The number of carbonyl (C=O) groups excluding carboxylic acids is 2. The number of carbonyl (C=O) groups is 2. The maximum atomic E-state index is 12.7. The third kappa shape index (κ3) is 5.65. The number of piperazine rings is 1. The fourth-order valence-corrected chi connectivity index (χ4v) is 5.09. The van der Waals surface area contributed by atoms with Gasteiger partial charge in [-0.25, -0.2) is 8.42 Å². The van der Waals surface area contributed by atoms with Crippen molar-refractivity contribution in [2.75, 3.05) is 32.7 Å². The Bertz CT molecular complexity index is 1200. The molecule has 1 aromatic heterocycles. The van der Waals surface area contributed by atoms with Crippen LogP contribution in [0.25, 0.3) is 11.3 Å². The molecule has 0 atom stereocenters. The molecule has 0 spiro atoms. The van der Waals surface area contributed by atoms with Crippen LogP contribution in [-0.2, 0) is 20.6 Å². The maximum absolute atomic E-state index is 12.7. The lowest BCUT2D eigenvalue weighted by molar-refractivity contribution is -0.131. The van der Waals surface area contributed by atoms with Crippen molar-refractivity contribution in [3.8, 4) is 11.3 Å². The summed E-state index contributed by atoms with van der Waals surface area (Å²) in [5.74, 6) is -0.408. The zero-order chi connectivity index (χ0) is 23.3. The molecule has 33 heavy (non-hydrogen) atoms. The van der Waals surface area contributed by atoms with Gasteiger partial charge in [-0.05, 0) is 5.56 Å². The van der Waals surface area contributed by atoms with Crippen molar-refractivity contribution < 1.29 is 22.5 Å². The summed E-state index contributed by atoms with van der Waals surface area (Å²) in [5, 5.41) is 6.32. The molecule has 2 amide bonds. The van der Waals surface area contributed by atoms with Crippen molar-refractivity contribution in [3.63, 3.8) is 0 Å². The van der Waals surface area contributed by atoms with E-state index in [0.717, 1.165) is 11.1 Å². The smallest absolute Gasteiger partial charge is 0.273 e. The standard InChI is InChI=1S/C23H24N4O5S/c28-22(16-24-23(29)20-15-21(32-25-20)19-9-5-2-6-10-19)26-11-13-27(14-12-26)33(30,31)17-18-7-3-1-4-8-18/h1-10,15H,11-14,16-17H2,(H,24,29). The first-order valence-electron chi connectivity index (χ1n) is 10.5. The van der Waals surface area contributed by atoms with Crippen LogP contribution in [0.5, 0.6) is 0 Å². The number of rotatable bonds is 7. The SMILES string of the molecule is O=C(NCC(=O)N1CCN(S(=O)(=O)Cc2ccccc2)CC1)c1cc(-c2ccccc2)on1. The quantitative estimate of drug-likeness (QED) is 0.565. The average Bonchev–Trinajstić information content (AvgIpc) is 3.34. The van der Waals surface area contributed by atoms with E-state index in [1.54, 1.807) is 29.2 Å². The molecule has 9 nitrogen and oxygen atoms in total. The highest BCUT2D eigenvalue weighted by atomic mass is 32.2. The predicted octanol–water partition coefficient (Wildman–Crippen LogP) is 1.75. The van der Waals surface area contributed by atoms with Crippen LogP contribution in [0.3, 0.4) is 0 Å². The molecule has 3 aromatic rings. The molecule has 0 saturated carbocycles. The summed E-state index contributed by atoms with van der Waals surface area (Å²) in [5.41, 5.74) is 1.60. The van der Waals surface area contributed by atoms with Crippen LogP contribution in [0.4, 0.5) is 0 Å². The van der Waals surface area contributed by atoms with Gasteiger partial charge in [-0.2, -0.15) is 4.31 Å². The molecule has 10 heteroatoms. The number of amides is 2. The van der Waals surface area contributed by atoms with Gasteiger partial charge in [0.1, 0.15) is 0 Å². The number of hydrogen-bond acceptors (Lipinski definition) is 6. The first-order valence-corrected chi connectivity index (χ1v) is 12.1. The van der Waals surface area contributed by atoms with E-state index >= 15 is 0 Å². The molecule has 0 bridgehead atoms. The van der Waals surface area contributed by atoms with E-state index in [-0.39, 0.29) is 50.1 Å². The van der Waals surface area contributed by atoms with Gasteiger partial charge in [0, 0.05) is 37.8 Å². The lowest BCUT2D eigenvalue weighted by Gasteiger charge is -2.34. The molecule has 0 aliphatic carbocycles. The largest absolute Gasteiger partial charge is 0.355 e. The van der Waals surface area contributed by atoms with E-state index in [4.69, 9.17) is 4.52 Å². The second-order valence-corrected chi connectivity index (χ2v) is 9.62. The number of nitrogens with zero attached hydrogens (tertiary/aromatic N) is 3. The van der Waals surface area contributed by atoms with Gasteiger partial charge in [0.05, 0.1) is 12.3 Å². The lowest BCUT2D eigenvalue weighted by atomic mass is 10.1. The predicted molar refractivity (Wildman–Crippen MR) is 121 cm³/mol. The van der Waals surface area contributed by atoms with E-state index in [9.17, 15) is 18.0 Å². The van der Waals surface area contributed by atoms with Gasteiger partial charge in [0.25, 0.3) is 5.91 Å². The van der Waals surface area contributed by atoms with Crippen LogP contribution in [0, 0.1) is 0 Å². The van der Waals surface area contributed by atoms with Gasteiger partial charge in [0.15, 0.2) is 11.5 Å². The summed E-state index contributed by atoms with van der Waals surface area (Å²) in [6.07, 6.45) is 0. The topological polar surface area (TPSA) is 113 Å². The van der Waals surface area contributed by atoms with Crippen molar-refractivity contribution in [1.82, 2.24) is 19.7 Å². The average molecular weight is 469 g/mol. The number of aromatic nitrogens is 1. The van der Waals surface area contributed by atoms with Gasteiger partial charge < -0.3 is 14.7 Å². The van der Waals surface area contributed by atoms with Crippen molar-refractivity contribution in [1.29, 1.82) is 0 Å². The van der Waals surface area contributed by atoms with Crippen LogP contribution < -0.4 is 5.32 Å². The number of hydrogen-bond donors (Lipinski definition) is 1. The Morgan fingerprint density at radius 2 is 1.58 bits per heavy atom. The fraction of sp³-hybridized carbons (Fsp3) is 0.261. The highest BCUT2D eigenvalue weighted by Gasteiger charge is 2.29. The van der Waals surface area contributed by atoms with Crippen LogP contribution >= 0.6 is 0 Å². The Kier molecular flexibility index (Phi) is 6.85. The second-order valence-electron chi connectivity index (χ2n) is 7.65. The summed E-state index contributed by atoms with van der Waals surface area (Å²) in [6, 6.07) is 19.8. The molecule has 0 unspecified atom stereocenters. The molecule has 1 aliphatic rings. The monoisotopic (exact) mass is 468 g/mol. The lowest BCUT2D eigenvalue weighted by Crippen LogP contribution is -2.52. The molecule has 4 rings (SSSR count). The summed E-state index contributed by atoms with van der Waals surface area (Å²) in [6.45, 7) is 0.774. The van der Waals surface area contributed by atoms with Gasteiger partial charge >= 0.3 is 0 Å². The molecule has 1 saturated heterocycles. The zero-order valence-corrected chi connectivity index (χ0v) is 18.7. The highest BCUT2D eigenvalue weighted by molar-refractivity contribution is 7.88. The van der Waals surface area contributed by atoms with Crippen molar-refractivity contribution in [3.05, 3.63) is 78.0 Å². The van der Waals surface area contributed by atoms with E-state index in [1.165, 1.54) is 10.4 Å². The van der Waals surface area contributed by atoms with E-state index in [0.29, 0.717) is 5.76 Å². The molecule has 2 aromatic carbocycles. The van der Waals surface area contributed by atoms with Gasteiger partial charge in [-0.1, -0.05) is 65.8 Å². The van der Waals surface area contributed by atoms with Crippen LogP contribution in [0.1, 0.15) is 16.1 Å². The Hall–Kier alpha value is -3.50. The maximum Gasteiger partial charge on any atom is 0.273 e. The second kappa shape index (κ2) is 9.97. The van der Waals surface area contributed by atoms with Gasteiger partial charge in [-0.15, -0.1) is 0 Å². The third-order valence-corrected chi connectivity index (χ3v) is 7.23. The third-order valence-electron chi connectivity index (χ3n) is 5.38. The van der Waals surface area contributed by atoms with Crippen molar-refractivity contribution >= 4 is 21.8 Å². The first-order chi connectivity index (χ1) is 15.9. The summed E-state index contributed by atoms with van der Waals surface area (Å²) in [4.78, 5) is 26.4. The molecule has 172 valence electrons. The van der Waals surface area contributed by atoms with Gasteiger partial charge in [0.2, 0.25) is 15.9 Å². The molecule has 2 heterocycles. The minimum absolute atomic E-state index is 0.0689. The fourth-order valence-electron chi connectivity index (χ4n) is 3.57. The van der Waals surface area contributed by atoms with Crippen LogP contribution in [0.15, 0.2) is 71.3 Å². The van der Waals surface area contributed by atoms with Crippen molar-refractivity contribution in [2.24, 2.45) is 0 Å². The normalized spacial score (nSPS) is 14.7. The molecular weight excluding hydrogens is 444 g/mol. The zero-order valence-electron chi connectivity index (χ0n) is 17.9. The van der Waals surface area contributed by atoms with Crippen LogP contribution in [0.2, 0.25) is 0 Å². The first kappa shape index (κ1) is 22.7. The number of sulfonamides is 1. The minimum atomic E-state index is -3.46.